The highest BCUT2D eigenvalue weighted by molar-refractivity contribution is 8.07. The summed E-state index contributed by atoms with van der Waals surface area (Å²) in [6.45, 7) is 6.83. The molecule has 1 saturated heterocycles. The average Bonchev–Trinajstić information content (AvgIpc) is 2.47. The molecule has 112 valence electrons. The van der Waals surface area contributed by atoms with Crippen LogP contribution in [0.3, 0.4) is 0 Å². The molecule has 0 amide bonds. The van der Waals surface area contributed by atoms with Crippen LogP contribution in [-0.2, 0) is 6.42 Å². The van der Waals surface area contributed by atoms with Gasteiger partial charge in [-0.2, -0.15) is 23.5 Å². The molecule has 0 radical (unpaired) electrons. The third-order valence-corrected chi connectivity index (χ3v) is 7.74. The van der Waals surface area contributed by atoms with Crippen molar-refractivity contribution in [1.82, 2.24) is 5.32 Å². The monoisotopic (exact) mass is 309 g/mol. The van der Waals surface area contributed by atoms with Crippen LogP contribution >= 0.6 is 23.5 Å². The van der Waals surface area contributed by atoms with Crippen molar-refractivity contribution in [2.24, 2.45) is 0 Å². The van der Waals surface area contributed by atoms with E-state index in [9.17, 15) is 0 Å². The molecule has 0 aromatic heterocycles. The van der Waals surface area contributed by atoms with Crippen LogP contribution in [0.15, 0.2) is 18.2 Å². The summed E-state index contributed by atoms with van der Waals surface area (Å²) in [5.74, 6) is 2.62. The van der Waals surface area contributed by atoms with E-state index in [0.29, 0.717) is 6.04 Å². The van der Waals surface area contributed by atoms with Crippen molar-refractivity contribution in [3.8, 4) is 0 Å². The lowest BCUT2D eigenvalue weighted by molar-refractivity contribution is 0.515. The van der Waals surface area contributed by atoms with E-state index in [1.54, 1.807) is 0 Å². The topological polar surface area (TPSA) is 12.0 Å². The molecule has 1 fully saturated rings. The van der Waals surface area contributed by atoms with Gasteiger partial charge in [-0.25, -0.2) is 0 Å². The molecule has 1 nitrogen and oxygen atoms in total. The highest BCUT2D eigenvalue weighted by Gasteiger charge is 2.31. The number of aryl methyl sites for hydroxylation is 2. The number of thioether (sulfide) groups is 2. The normalized spacial score (nSPS) is 24.6. The molecule has 0 aliphatic carbocycles. The molecule has 1 aromatic rings. The maximum atomic E-state index is 3.60. The summed E-state index contributed by atoms with van der Waals surface area (Å²) in [5.41, 5.74) is 4.41. The summed E-state index contributed by atoms with van der Waals surface area (Å²) in [6, 6.07) is 7.24. The number of hydrogen-bond acceptors (Lipinski definition) is 3. The quantitative estimate of drug-likeness (QED) is 0.881. The summed E-state index contributed by atoms with van der Waals surface area (Å²) >= 11 is 4.35. The first-order chi connectivity index (χ1) is 9.67. The molecule has 0 bridgehead atoms. The first kappa shape index (κ1) is 16.3. The molecule has 3 atom stereocenters. The van der Waals surface area contributed by atoms with E-state index in [0.717, 1.165) is 16.9 Å². The van der Waals surface area contributed by atoms with E-state index in [4.69, 9.17) is 0 Å². The standard InChI is InChI=1S/C17H27NS2/c1-5-16-17(20-10-9-19-16)15(18-4)11-14-12(2)7-6-8-13(14)3/h6-8,15-18H,5,9-11H2,1-4H3. The fourth-order valence-corrected chi connectivity index (χ4v) is 6.39. The Morgan fingerprint density at radius 2 is 1.85 bits per heavy atom. The maximum absolute atomic E-state index is 3.60. The zero-order valence-corrected chi connectivity index (χ0v) is 14.7. The van der Waals surface area contributed by atoms with Crippen LogP contribution in [0, 0.1) is 13.8 Å². The van der Waals surface area contributed by atoms with E-state index in [1.165, 1.54) is 34.6 Å². The fraction of sp³-hybridized carbons (Fsp3) is 0.647. The minimum absolute atomic E-state index is 0.581. The van der Waals surface area contributed by atoms with Gasteiger partial charge >= 0.3 is 0 Å². The number of nitrogens with one attached hydrogen (secondary N) is 1. The Hall–Kier alpha value is -0.120. The largest absolute Gasteiger partial charge is 0.316 e. The van der Waals surface area contributed by atoms with Crippen LogP contribution in [0.5, 0.6) is 0 Å². The number of rotatable bonds is 5. The van der Waals surface area contributed by atoms with Crippen LogP contribution in [0.1, 0.15) is 30.0 Å². The van der Waals surface area contributed by atoms with Crippen molar-refractivity contribution in [3.05, 3.63) is 34.9 Å². The second-order valence-corrected chi connectivity index (χ2v) is 8.26. The summed E-state index contributed by atoms with van der Waals surface area (Å²) in [5, 5.41) is 5.14. The molecule has 1 N–H and O–H groups in total. The lowest BCUT2D eigenvalue weighted by atomic mass is 9.94. The van der Waals surface area contributed by atoms with Gasteiger partial charge < -0.3 is 5.32 Å². The van der Waals surface area contributed by atoms with Gasteiger partial charge in [-0.1, -0.05) is 25.1 Å². The molecular formula is C17H27NS2. The third kappa shape index (κ3) is 3.75. The van der Waals surface area contributed by atoms with E-state index in [-0.39, 0.29) is 0 Å². The molecule has 3 unspecified atom stereocenters. The zero-order valence-electron chi connectivity index (χ0n) is 13.1. The van der Waals surface area contributed by atoms with Gasteiger partial charge in [0, 0.05) is 28.0 Å². The minimum atomic E-state index is 0.581. The molecule has 1 aliphatic heterocycles. The van der Waals surface area contributed by atoms with Crippen LogP contribution in [0.25, 0.3) is 0 Å². The molecule has 1 heterocycles. The second kappa shape index (κ2) is 7.77. The SMILES string of the molecule is CCC1SCCSC1C(Cc1c(C)cccc1C)NC. The third-order valence-electron chi connectivity index (χ3n) is 4.33. The van der Waals surface area contributed by atoms with Gasteiger partial charge in [0.1, 0.15) is 0 Å². The summed E-state index contributed by atoms with van der Waals surface area (Å²) in [4.78, 5) is 0. The maximum Gasteiger partial charge on any atom is 0.0323 e. The van der Waals surface area contributed by atoms with Gasteiger partial charge in [0.2, 0.25) is 0 Å². The Balaban J connectivity index is 2.15. The summed E-state index contributed by atoms with van der Waals surface area (Å²) in [6.07, 6.45) is 2.44. The van der Waals surface area contributed by atoms with Crippen molar-refractivity contribution in [3.63, 3.8) is 0 Å². The molecule has 1 aliphatic rings. The van der Waals surface area contributed by atoms with E-state index in [1.807, 2.05) is 0 Å². The highest BCUT2D eigenvalue weighted by atomic mass is 32.2. The molecule has 20 heavy (non-hydrogen) atoms. The van der Waals surface area contributed by atoms with Crippen LogP contribution in [-0.4, -0.2) is 35.1 Å². The molecule has 0 spiro atoms. The van der Waals surface area contributed by atoms with Crippen LogP contribution in [0.2, 0.25) is 0 Å². The first-order valence-corrected chi connectivity index (χ1v) is 9.72. The predicted molar refractivity (Wildman–Crippen MR) is 95.3 cm³/mol. The van der Waals surface area contributed by atoms with Gasteiger partial charge in [-0.3, -0.25) is 0 Å². The lowest BCUT2D eigenvalue weighted by Crippen LogP contribution is -2.45. The Bertz CT molecular complexity index is 413. The number of hydrogen-bond donors (Lipinski definition) is 1. The molecule has 2 rings (SSSR count). The summed E-state index contributed by atoms with van der Waals surface area (Å²) < 4.78 is 0. The molecule has 1 aromatic carbocycles. The van der Waals surface area contributed by atoms with Crippen LogP contribution in [0.4, 0.5) is 0 Å². The lowest BCUT2D eigenvalue weighted by Gasteiger charge is -2.36. The summed E-state index contributed by atoms with van der Waals surface area (Å²) in [7, 11) is 2.13. The van der Waals surface area contributed by atoms with Gasteiger partial charge in [0.25, 0.3) is 0 Å². The second-order valence-electron chi connectivity index (χ2n) is 5.62. The van der Waals surface area contributed by atoms with Crippen molar-refractivity contribution >= 4 is 23.5 Å². The van der Waals surface area contributed by atoms with Gasteiger partial charge in [-0.15, -0.1) is 0 Å². The van der Waals surface area contributed by atoms with Crippen molar-refractivity contribution in [1.29, 1.82) is 0 Å². The first-order valence-electron chi connectivity index (χ1n) is 7.63. The number of likely N-dealkylation sites (N-methyl/N-ethyl adjacent to an activating group) is 1. The van der Waals surface area contributed by atoms with Gasteiger partial charge in [-0.05, 0) is 50.4 Å². The smallest absolute Gasteiger partial charge is 0.0323 e. The van der Waals surface area contributed by atoms with Crippen molar-refractivity contribution in [2.45, 2.75) is 50.2 Å². The van der Waals surface area contributed by atoms with Gasteiger partial charge in [0.05, 0.1) is 0 Å². The Morgan fingerprint density at radius 3 is 2.45 bits per heavy atom. The van der Waals surface area contributed by atoms with Crippen LogP contribution < -0.4 is 5.32 Å². The number of benzene rings is 1. The van der Waals surface area contributed by atoms with E-state index in [2.05, 4.69) is 74.9 Å². The fourth-order valence-electron chi connectivity index (χ4n) is 3.08. The zero-order chi connectivity index (χ0) is 14.5. The molecular weight excluding hydrogens is 282 g/mol. The highest BCUT2D eigenvalue weighted by Crippen LogP contribution is 2.36. The average molecular weight is 310 g/mol. The van der Waals surface area contributed by atoms with E-state index < -0.39 is 0 Å². The molecule has 0 saturated carbocycles. The Labute approximate surface area is 132 Å². The molecule has 3 heteroatoms. The minimum Gasteiger partial charge on any atom is -0.316 e. The van der Waals surface area contributed by atoms with Gasteiger partial charge in [0.15, 0.2) is 0 Å². The predicted octanol–water partition coefficient (Wildman–Crippen LogP) is 4.06. The Morgan fingerprint density at radius 1 is 1.20 bits per heavy atom. The van der Waals surface area contributed by atoms with Crippen molar-refractivity contribution in [2.75, 3.05) is 18.6 Å². The van der Waals surface area contributed by atoms with Crippen molar-refractivity contribution < 1.29 is 0 Å². The van der Waals surface area contributed by atoms with E-state index >= 15 is 0 Å². The Kier molecular flexibility index (Phi) is 6.31.